The summed E-state index contributed by atoms with van der Waals surface area (Å²) in [4.78, 5) is 21.7. The highest BCUT2D eigenvalue weighted by atomic mass is 16.5. The van der Waals surface area contributed by atoms with E-state index in [9.17, 15) is 4.79 Å². The quantitative estimate of drug-likeness (QED) is 0.637. The molecule has 1 amide bonds. The van der Waals surface area contributed by atoms with E-state index in [1.165, 1.54) is 5.56 Å². The minimum absolute atomic E-state index is 0.0728. The largest absolute Gasteiger partial charge is 0.497 e. The Morgan fingerprint density at radius 3 is 2.56 bits per heavy atom. The zero-order valence-electron chi connectivity index (χ0n) is 18.9. The van der Waals surface area contributed by atoms with Gasteiger partial charge >= 0.3 is 0 Å². The molecule has 1 unspecified atom stereocenters. The molecule has 1 N–H and O–H groups in total. The molecule has 1 aliphatic heterocycles. The van der Waals surface area contributed by atoms with Gasteiger partial charge in [-0.1, -0.05) is 18.2 Å². The molecule has 1 aromatic heterocycles. The SMILES string of the molecule is COc1ccc(C2CN(C(=O)c3ccc(C)c(NCc4ccncc4)c3)CCN2C)cc1. The number of aromatic nitrogens is 1. The lowest BCUT2D eigenvalue weighted by Gasteiger charge is -2.39. The molecule has 3 aromatic rings. The van der Waals surface area contributed by atoms with Crippen LogP contribution in [-0.2, 0) is 6.54 Å². The summed E-state index contributed by atoms with van der Waals surface area (Å²) in [7, 11) is 3.79. The highest BCUT2D eigenvalue weighted by Gasteiger charge is 2.29. The number of anilines is 1. The molecule has 2 heterocycles. The first kappa shape index (κ1) is 21.8. The fourth-order valence-electron chi connectivity index (χ4n) is 4.07. The van der Waals surface area contributed by atoms with E-state index < -0.39 is 0 Å². The summed E-state index contributed by atoms with van der Waals surface area (Å²) in [5.74, 6) is 0.912. The number of rotatable bonds is 6. The van der Waals surface area contributed by atoms with Crippen LogP contribution in [-0.4, -0.2) is 54.5 Å². The van der Waals surface area contributed by atoms with Crippen molar-refractivity contribution in [3.05, 3.63) is 89.2 Å². The van der Waals surface area contributed by atoms with Gasteiger partial charge in [-0.2, -0.15) is 0 Å². The third kappa shape index (κ3) is 4.92. The van der Waals surface area contributed by atoms with E-state index in [0.717, 1.165) is 35.7 Å². The van der Waals surface area contributed by atoms with Gasteiger partial charge in [0, 0.05) is 49.8 Å². The van der Waals surface area contributed by atoms with Crippen molar-refractivity contribution in [1.82, 2.24) is 14.8 Å². The maximum Gasteiger partial charge on any atom is 0.254 e. The number of methoxy groups -OCH3 is 1. The molecule has 1 fully saturated rings. The van der Waals surface area contributed by atoms with Crippen molar-refractivity contribution in [2.24, 2.45) is 0 Å². The van der Waals surface area contributed by atoms with Gasteiger partial charge in [0.05, 0.1) is 13.2 Å². The van der Waals surface area contributed by atoms with Gasteiger partial charge in [0.1, 0.15) is 5.75 Å². The molecule has 2 aromatic carbocycles. The van der Waals surface area contributed by atoms with Crippen LogP contribution in [0.4, 0.5) is 5.69 Å². The number of hydrogen-bond donors (Lipinski definition) is 1. The van der Waals surface area contributed by atoms with Crippen LogP contribution in [0.2, 0.25) is 0 Å². The van der Waals surface area contributed by atoms with Gasteiger partial charge in [0.25, 0.3) is 5.91 Å². The predicted octanol–water partition coefficient (Wildman–Crippen LogP) is 4.14. The minimum Gasteiger partial charge on any atom is -0.497 e. The molecule has 1 saturated heterocycles. The number of amides is 1. The predicted molar refractivity (Wildman–Crippen MR) is 127 cm³/mol. The van der Waals surface area contributed by atoms with Crippen molar-refractivity contribution < 1.29 is 9.53 Å². The number of hydrogen-bond acceptors (Lipinski definition) is 5. The van der Waals surface area contributed by atoms with Crippen molar-refractivity contribution in [1.29, 1.82) is 0 Å². The van der Waals surface area contributed by atoms with E-state index in [4.69, 9.17) is 4.74 Å². The number of piperazine rings is 1. The summed E-state index contributed by atoms with van der Waals surface area (Å²) in [6.45, 7) is 4.96. The fraction of sp³-hybridized carbons (Fsp3) is 0.308. The standard InChI is InChI=1S/C26H30N4O2/c1-19-4-5-22(16-24(19)28-17-20-10-12-27-13-11-20)26(31)30-15-14-29(2)25(18-30)21-6-8-23(32-3)9-7-21/h4-13,16,25,28H,14-15,17-18H2,1-3H3. The summed E-state index contributed by atoms with van der Waals surface area (Å²) < 4.78 is 5.28. The van der Waals surface area contributed by atoms with Gasteiger partial charge in [0.15, 0.2) is 0 Å². The molecule has 6 heteroatoms. The summed E-state index contributed by atoms with van der Waals surface area (Å²) in [5.41, 5.74) is 5.15. The second kappa shape index (κ2) is 9.83. The number of ether oxygens (including phenoxy) is 1. The third-order valence-corrected chi connectivity index (χ3v) is 6.15. The second-order valence-corrected chi connectivity index (χ2v) is 8.26. The number of carbonyl (C=O) groups excluding carboxylic acids is 1. The highest BCUT2D eigenvalue weighted by Crippen LogP contribution is 2.27. The van der Waals surface area contributed by atoms with Crippen molar-refractivity contribution in [2.45, 2.75) is 19.5 Å². The third-order valence-electron chi connectivity index (χ3n) is 6.15. The summed E-state index contributed by atoms with van der Waals surface area (Å²) >= 11 is 0. The monoisotopic (exact) mass is 430 g/mol. The molecule has 0 spiro atoms. The van der Waals surface area contributed by atoms with Gasteiger partial charge < -0.3 is 15.0 Å². The number of benzene rings is 2. The van der Waals surface area contributed by atoms with Crippen LogP contribution in [0.15, 0.2) is 67.0 Å². The molecular weight excluding hydrogens is 400 g/mol. The Kier molecular flexibility index (Phi) is 6.71. The van der Waals surface area contributed by atoms with E-state index in [2.05, 4.69) is 41.3 Å². The second-order valence-electron chi connectivity index (χ2n) is 8.26. The summed E-state index contributed by atoms with van der Waals surface area (Å²) in [5, 5.41) is 3.46. The van der Waals surface area contributed by atoms with Gasteiger partial charge in [-0.05, 0) is 67.1 Å². The van der Waals surface area contributed by atoms with Crippen LogP contribution in [0, 0.1) is 6.92 Å². The molecule has 32 heavy (non-hydrogen) atoms. The summed E-state index contributed by atoms with van der Waals surface area (Å²) in [6, 6.07) is 18.2. The number of aryl methyl sites for hydroxylation is 1. The van der Waals surface area contributed by atoms with E-state index in [1.807, 2.05) is 47.4 Å². The van der Waals surface area contributed by atoms with E-state index in [1.54, 1.807) is 19.5 Å². The van der Waals surface area contributed by atoms with E-state index >= 15 is 0 Å². The molecule has 0 aliphatic carbocycles. The van der Waals surface area contributed by atoms with Gasteiger partial charge in [-0.25, -0.2) is 0 Å². The normalized spacial score (nSPS) is 16.6. The number of likely N-dealkylation sites (N-methyl/N-ethyl adjacent to an activating group) is 1. The van der Waals surface area contributed by atoms with Gasteiger partial charge in [-0.3, -0.25) is 14.7 Å². The van der Waals surface area contributed by atoms with Crippen LogP contribution < -0.4 is 10.1 Å². The lowest BCUT2D eigenvalue weighted by molar-refractivity contribution is 0.0546. The Morgan fingerprint density at radius 1 is 1.09 bits per heavy atom. The van der Waals surface area contributed by atoms with Crippen LogP contribution in [0.3, 0.4) is 0 Å². The molecule has 0 radical (unpaired) electrons. The van der Waals surface area contributed by atoms with E-state index in [-0.39, 0.29) is 11.9 Å². The highest BCUT2D eigenvalue weighted by molar-refractivity contribution is 5.95. The average molecular weight is 431 g/mol. The number of nitrogens with zero attached hydrogens (tertiary/aromatic N) is 3. The van der Waals surface area contributed by atoms with Crippen LogP contribution in [0.1, 0.15) is 33.1 Å². The Labute approximate surface area is 189 Å². The topological polar surface area (TPSA) is 57.7 Å². The maximum atomic E-state index is 13.4. The lowest BCUT2D eigenvalue weighted by atomic mass is 10.0. The van der Waals surface area contributed by atoms with E-state index in [0.29, 0.717) is 18.7 Å². The first-order valence-corrected chi connectivity index (χ1v) is 10.9. The van der Waals surface area contributed by atoms with Crippen molar-refractivity contribution >= 4 is 11.6 Å². The molecule has 6 nitrogen and oxygen atoms in total. The minimum atomic E-state index is 0.0728. The number of nitrogens with one attached hydrogen (secondary N) is 1. The van der Waals surface area contributed by atoms with Crippen molar-refractivity contribution in [3.63, 3.8) is 0 Å². The average Bonchev–Trinajstić information content (AvgIpc) is 2.84. The van der Waals surface area contributed by atoms with Gasteiger partial charge in [0.2, 0.25) is 0 Å². The summed E-state index contributed by atoms with van der Waals surface area (Å²) in [6.07, 6.45) is 3.58. The van der Waals surface area contributed by atoms with Gasteiger partial charge in [-0.15, -0.1) is 0 Å². The number of pyridine rings is 1. The van der Waals surface area contributed by atoms with Crippen molar-refractivity contribution in [3.8, 4) is 5.75 Å². The lowest BCUT2D eigenvalue weighted by Crippen LogP contribution is -2.49. The molecular formula is C26H30N4O2. The Bertz CT molecular complexity index is 1050. The fourth-order valence-corrected chi connectivity index (χ4v) is 4.07. The van der Waals surface area contributed by atoms with Crippen LogP contribution in [0.5, 0.6) is 5.75 Å². The Morgan fingerprint density at radius 2 is 1.84 bits per heavy atom. The smallest absolute Gasteiger partial charge is 0.254 e. The molecule has 0 saturated carbocycles. The zero-order chi connectivity index (χ0) is 22.5. The van der Waals surface area contributed by atoms with Crippen LogP contribution >= 0.6 is 0 Å². The van der Waals surface area contributed by atoms with Crippen molar-refractivity contribution in [2.75, 3.05) is 39.1 Å². The molecule has 1 aliphatic rings. The Balaban J connectivity index is 1.48. The first-order valence-electron chi connectivity index (χ1n) is 10.9. The first-order chi connectivity index (χ1) is 15.5. The molecule has 0 bridgehead atoms. The maximum absolute atomic E-state index is 13.4. The zero-order valence-corrected chi connectivity index (χ0v) is 18.9. The molecule has 4 rings (SSSR count). The van der Waals surface area contributed by atoms with Crippen LogP contribution in [0.25, 0.3) is 0 Å². The Hall–Kier alpha value is -3.38. The molecule has 166 valence electrons. The molecule has 1 atom stereocenters. The number of carbonyl (C=O) groups is 1.